The number of aromatic nitrogens is 2. The minimum atomic E-state index is -0.587. The number of nitrogens with zero attached hydrogens (tertiary/aromatic N) is 4. The lowest BCUT2D eigenvalue weighted by molar-refractivity contribution is -0.129. The summed E-state index contributed by atoms with van der Waals surface area (Å²) in [6.45, 7) is 0.755. The zero-order valence-corrected chi connectivity index (χ0v) is 28.0. The smallest absolute Gasteiger partial charge is 0.237 e. The lowest BCUT2D eigenvalue weighted by Gasteiger charge is -2.44. The average Bonchev–Trinajstić information content (AvgIpc) is 3.34. The molecule has 2 aliphatic carbocycles. The van der Waals surface area contributed by atoms with Crippen molar-refractivity contribution in [3.63, 3.8) is 0 Å². The van der Waals surface area contributed by atoms with Crippen LogP contribution in [0.2, 0.25) is 0 Å². The number of aliphatic hydroxyl groups is 1. The number of fused-ring (bicyclic) bond motifs is 8. The van der Waals surface area contributed by atoms with Crippen LogP contribution in [0.1, 0.15) is 36.8 Å². The minimum absolute atomic E-state index is 0.0435. The van der Waals surface area contributed by atoms with Crippen LogP contribution in [-0.4, -0.2) is 61.3 Å². The van der Waals surface area contributed by atoms with Gasteiger partial charge in [0, 0.05) is 68.5 Å². The highest BCUT2D eigenvalue weighted by molar-refractivity contribution is 9.10. The first-order valence-corrected chi connectivity index (χ1v) is 16.3. The molecule has 4 aliphatic rings. The second-order valence-electron chi connectivity index (χ2n) is 12.7. The fourth-order valence-corrected chi connectivity index (χ4v) is 8.72. The molecule has 8 nitrogen and oxygen atoms in total. The van der Waals surface area contributed by atoms with Gasteiger partial charge >= 0.3 is 0 Å². The fourth-order valence-electron chi connectivity index (χ4n) is 8.03. The number of methoxy groups -OCH3 is 1. The van der Waals surface area contributed by atoms with Gasteiger partial charge in [-0.25, -0.2) is 8.78 Å². The van der Waals surface area contributed by atoms with E-state index in [0.717, 1.165) is 46.1 Å². The lowest BCUT2D eigenvalue weighted by Crippen LogP contribution is -2.50. The molecule has 2 saturated carbocycles. The van der Waals surface area contributed by atoms with Gasteiger partial charge in [0.1, 0.15) is 11.6 Å². The molecule has 234 valence electrons. The summed E-state index contributed by atoms with van der Waals surface area (Å²) in [5.74, 6) is -0.0292. The van der Waals surface area contributed by atoms with E-state index in [2.05, 4.69) is 41.8 Å². The van der Waals surface area contributed by atoms with Crippen molar-refractivity contribution < 1.29 is 28.2 Å². The van der Waals surface area contributed by atoms with Gasteiger partial charge in [-0.15, -0.1) is 0 Å². The second kappa shape index (κ2) is 10.8. The van der Waals surface area contributed by atoms with Gasteiger partial charge in [-0.3, -0.25) is 19.6 Å². The van der Waals surface area contributed by atoms with Crippen LogP contribution in [0.15, 0.2) is 45.6 Å². The van der Waals surface area contributed by atoms with E-state index < -0.39 is 10.8 Å². The first kappa shape index (κ1) is 30.6. The minimum Gasteiger partial charge on any atom is -0.396 e. The van der Waals surface area contributed by atoms with Crippen LogP contribution in [-0.2, 0) is 25.2 Å². The average molecular weight is 744 g/mol. The molecular weight excluding hydrogens is 714 g/mol. The number of likely N-dealkylation sites (N-methyl/N-ethyl adjacent to an activating group) is 2. The van der Waals surface area contributed by atoms with Gasteiger partial charge in [0.2, 0.25) is 11.8 Å². The van der Waals surface area contributed by atoms with E-state index in [1.54, 1.807) is 55.5 Å². The molecule has 2 spiro atoms. The zero-order valence-electron chi connectivity index (χ0n) is 24.8. The van der Waals surface area contributed by atoms with Gasteiger partial charge in [0.05, 0.1) is 54.6 Å². The number of anilines is 2. The molecular formula is C33H30Br2F2N4O4. The number of carbonyl (C=O) groups excluding carboxylic acids is 2. The Bertz CT molecular complexity index is 1930. The molecule has 0 atom stereocenters. The summed E-state index contributed by atoms with van der Waals surface area (Å²) < 4.78 is 33.6. The Kier molecular flexibility index (Phi) is 7.31. The number of hydrogen-bond donors (Lipinski definition) is 1. The maximum atomic E-state index is 13.8. The van der Waals surface area contributed by atoms with Crippen LogP contribution in [0.5, 0.6) is 0 Å². The summed E-state index contributed by atoms with van der Waals surface area (Å²) in [5, 5.41) is 11.0. The zero-order chi connectivity index (χ0) is 32.0. The monoisotopic (exact) mass is 742 g/mol. The third-order valence-corrected chi connectivity index (χ3v) is 11.3. The molecule has 1 N–H and O–H groups in total. The molecule has 2 aliphatic heterocycles. The Morgan fingerprint density at radius 3 is 1.64 bits per heavy atom. The van der Waals surface area contributed by atoms with Gasteiger partial charge in [-0.2, -0.15) is 0 Å². The molecule has 0 saturated heterocycles. The third kappa shape index (κ3) is 4.32. The van der Waals surface area contributed by atoms with Crippen LogP contribution in [0, 0.1) is 23.5 Å². The molecule has 2 amide bonds. The number of hydrogen-bond acceptors (Lipinski definition) is 6. The van der Waals surface area contributed by atoms with Crippen LogP contribution in [0.3, 0.4) is 0 Å². The van der Waals surface area contributed by atoms with Crippen molar-refractivity contribution in [2.45, 2.75) is 36.5 Å². The summed E-state index contributed by atoms with van der Waals surface area (Å²) in [4.78, 5) is 37.6. The molecule has 2 aromatic carbocycles. The van der Waals surface area contributed by atoms with Crippen molar-refractivity contribution >= 4 is 76.9 Å². The number of ether oxygens (including phenoxy) is 1. The van der Waals surface area contributed by atoms with E-state index in [1.807, 2.05) is 0 Å². The maximum absolute atomic E-state index is 13.8. The van der Waals surface area contributed by atoms with Crippen LogP contribution >= 0.6 is 31.9 Å². The van der Waals surface area contributed by atoms with Gasteiger partial charge in [-0.1, -0.05) is 0 Å². The number of pyridine rings is 2. The maximum Gasteiger partial charge on any atom is 0.237 e. The Morgan fingerprint density at radius 1 is 0.822 bits per heavy atom. The fraction of sp³-hybridized carbons (Fsp3) is 0.394. The third-order valence-electron chi connectivity index (χ3n) is 10.1. The van der Waals surface area contributed by atoms with Crippen LogP contribution in [0.4, 0.5) is 20.2 Å². The second-order valence-corrected chi connectivity index (χ2v) is 14.4. The Morgan fingerprint density at radius 2 is 1.24 bits per heavy atom. The van der Waals surface area contributed by atoms with E-state index in [-0.39, 0.29) is 36.0 Å². The quantitative estimate of drug-likeness (QED) is 0.270. The largest absolute Gasteiger partial charge is 0.396 e. The standard InChI is InChI=1S/C17H16BrFN2O2.C16H14BrFN2O2/c1-21-14-7-20-13-4-12(19)11(18)3-10(13)15(14)17(16(21)22)5-9(6-17)8-23-2;1-20-13-6-19-12-3-11(18)10(17)2-9(12)14(13)16(15(20)22)4-8(5-16)7-21/h3-4,7,9H,5-6,8H2,1-2H3;2-3,6,8,21H,4-5,7H2,1H3. The van der Waals surface area contributed by atoms with E-state index in [9.17, 15) is 23.5 Å². The number of aliphatic hydroxyl groups excluding tert-OH is 1. The van der Waals surface area contributed by atoms with Gasteiger partial charge in [0.25, 0.3) is 0 Å². The van der Waals surface area contributed by atoms with E-state index in [4.69, 9.17) is 4.74 Å². The summed E-state index contributed by atoms with van der Waals surface area (Å²) >= 11 is 6.46. The van der Waals surface area contributed by atoms with Crippen LogP contribution in [0.25, 0.3) is 21.8 Å². The van der Waals surface area contributed by atoms with E-state index in [0.29, 0.717) is 45.3 Å². The highest BCUT2D eigenvalue weighted by atomic mass is 79.9. The topological polar surface area (TPSA) is 95.9 Å². The Balaban J connectivity index is 0.000000145. The van der Waals surface area contributed by atoms with E-state index >= 15 is 0 Å². The van der Waals surface area contributed by atoms with E-state index in [1.165, 1.54) is 12.1 Å². The van der Waals surface area contributed by atoms with Gasteiger partial charge < -0.3 is 19.6 Å². The van der Waals surface area contributed by atoms with Crippen molar-refractivity contribution in [1.82, 2.24) is 9.97 Å². The number of carbonyl (C=O) groups is 2. The first-order chi connectivity index (χ1) is 21.5. The molecule has 45 heavy (non-hydrogen) atoms. The highest BCUT2D eigenvalue weighted by Crippen LogP contribution is 2.58. The predicted octanol–water partition coefficient (Wildman–Crippen LogP) is 6.16. The Labute approximate surface area is 275 Å². The summed E-state index contributed by atoms with van der Waals surface area (Å²) in [5.41, 5.74) is 3.57. The van der Waals surface area contributed by atoms with Gasteiger partial charge in [-0.05, 0) is 81.5 Å². The number of amides is 2. The predicted molar refractivity (Wildman–Crippen MR) is 173 cm³/mol. The normalized spacial score (nSPS) is 26.3. The molecule has 2 fully saturated rings. The summed E-state index contributed by atoms with van der Waals surface area (Å²) in [6, 6.07) is 6.26. The van der Waals surface area contributed by atoms with Crippen LogP contribution < -0.4 is 9.80 Å². The molecule has 4 aromatic rings. The van der Waals surface area contributed by atoms with Crippen molar-refractivity contribution in [1.29, 1.82) is 0 Å². The SMILES string of the molecule is CN1C(=O)C2(CC(CO)C2)c2c1cnc1cc(F)c(Br)cc21.COCC1CC2(C1)C(=O)N(C)c1cnc3cc(F)c(Br)cc3c12. The number of halogens is 4. The lowest BCUT2D eigenvalue weighted by atomic mass is 9.59. The number of benzene rings is 2. The van der Waals surface area contributed by atoms with Gasteiger partial charge in [0.15, 0.2) is 0 Å². The first-order valence-electron chi connectivity index (χ1n) is 14.7. The molecule has 8 rings (SSSR count). The van der Waals surface area contributed by atoms with Crippen molar-refractivity contribution in [2.24, 2.45) is 11.8 Å². The molecule has 12 heteroatoms. The van der Waals surface area contributed by atoms with Crippen molar-refractivity contribution in [3.8, 4) is 0 Å². The summed E-state index contributed by atoms with van der Waals surface area (Å²) in [6.07, 6.45) is 6.13. The summed E-state index contributed by atoms with van der Waals surface area (Å²) in [7, 11) is 5.21. The highest BCUT2D eigenvalue weighted by Gasteiger charge is 2.59. The Hall–Kier alpha value is -3.06. The van der Waals surface area contributed by atoms with Crippen molar-refractivity contribution in [3.05, 3.63) is 68.4 Å². The molecule has 0 radical (unpaired) electrons. The molecule has 4 heterocycles. The molecule has 2 aromatic heterocycles. The molecule has 0 bridgehead atoms. The van der Waals surface area contributed by atoms with Crippen molar-refractivity contribution in [2.75, 3.05) is 44.2 Å². The molecule has 0 unspecified atom stereocenters. The number of rotatable bonds is 3.